The van der Waals surface area contributed by atoms with Crippen LogP contribution in [0.2, 0.25) is 0 Å². The molecule has 2 aliphatic heterocycles. The average molecular weight is 838 g/mol. The zero-order chi connectivity index (χ0) is 41.6. The summed E-state index contributed by atoms with van der Waals surface area (Å²) in [6.07, 6.45) is 1.03. The number of rotatable bonds is 9. The van der Waals surface area contributed by atoms with E-state index < -0.39 is 68.4 Å². The molecule has 4 atom stereocenters. The maximum atomic E-state index is 14.7. The third-order valence-corrected chi connectivity index (χ3v) is 12.7. The molecule has 0 spiro atoms. The van der Waals surface area contributed by atoms with E-state index in [1.165, 1.54) is 62.0 Å². The van der Waals surface area contributed by atoms with Crippen LogP contribution in [0.1, 0.15) is 29.6 Å². The Morgan fingerprint density at radius 3 is 2.21 bits per heavy atom. The van der Waals surface area contributed by atoms with Gasteiger partial charge < -0.3 is 28.6 Å². The van der Waals surface area contributed by atoms with Gasteiger partial charge in [-0.15, -0.1) is 23.2 Å². The Kier molecular flexibility index (Phi) is 9.23. The molecule has 2 fully saturated rings. The van der Waals surface area contributed by atoms with Crippen molar-refractivity contribution < 1.29 is 38.0 Å². The minimum absolute atomic E-state index is 0.0151. The maximum absolute atomic E-state index is 14.7. The van der Waals surface area contributed by atoms with Crippen LogP contribution in [0.4, 0.5) is 10.1 Å². The number of carbonyl (C=O) groups is 2. The smallest absolute Gasteiger partial charge is 0.347 e. The molecule has 4 heterocycles. The molecular formula is C39H35Cl2FN6O10. The quantitative estimate of drug-likeness (QED) is 0.131. The summed E-state index contributed by atoms with van der Waals surface area (Å²) in [5, 5.41) is 11.6. The third kappa shape index (κ3) is 5.32. The lowest BCUT2D eigenvalue weighted by atomic mass is 9.64. The van der Waals surface area contributed by atoms with E-state index in [9.17, 15) is 33.5 Å². The van der Waals surface area contributed by atoms with E-state index >= 15 is 0 Å². The van der Waals surface area contributed by atoms with Crippen molar-refractivity contribution in [1.82, 2.24) is 23.5 Å². The fraction of sp³-hybridized carbons (Fsp3) is 0.333. The molecular weight excluding hydrogens is 802 g/mol. The van der Waals surface area contributed by atoms with Gasteiger partial charge in [-0.3, -0.25) is 14.4 Å². The fourth-order valence-electron chi connectivity index (χ4n) is 8.47. The van der Waals surface area contributed by atoms with Gasteiger partial charge in [0.15, 0.2) is 21.2 Å². The highest BCUT2D eigenvalue weighted by Gasteiger charge is 2.76. The van der Waals surface area contributed by atoms with Crippen molar-refractivity contribution >= 4 is 51.7 Å². The monoisotopic (exact) mass is 836 g/mol. The molecule has 2 aromatic heterocycles. The van der Waals surface area contributed by atoms with Crippen molar-refractivity contribution in [3.8, 4) is 28.7 Å². The summed E-state index contributed by atoms with van der Waals surface area (Å²) in [6.45, 7) is -0.447. The number of aromatic hydroxyl groups is 1. The van der Waals surface area contributed by atoms with E-state index in [1.54, 1.807) is 25.3 Å². The van der Waals surface area contributed by atoms with Gasteiger partial charge in [0, 0.05) is 62.2 Å². The van der Waals surface area contributed by atoms with Crippen molar-refractivity contribution in [3.05, 3.63) is 109 Å². The van der Waals surface area contributed by atoms with Crippen LogP contribution in [0, 0.1) is 5.82 Å². The molecule has 2 amide bonds. The number of methoxy groups -OCH3 is 4. The van der Waals surface area contributed by atoms with Crippen molar-refractivity contribution in [2.75, 3.05) is 33.3 Å². The van der Waals surface area contributed by atoms with Crippen LogP contribution in [0.3, 0.4) is 0 Å². The normalized spacial score (nSPS) is 22.3. The number of amides is 2. The second-order valence-electron chi connectivity index (χ2n) is 14.1. The average Bonchev–Trinajstić information content (AvgIpc) is 3.55. The second-order valence-corrected chi connectivity index (χ2v) is 15.3. The lowest BCUT2D eigenvalue weighted by Gasteiger charge is -2.49. The third-order valence-electron chi connectivity index (χ3n) is 11.3. The Morgan fingerprint density at radius 1 is 0.879 bits per heavy atom. The summed E-state index contributed by atoms with van der Waals surface area (Å²) >= 11 is 14.9. The second kappa shape index (κ2) is 13.8. The first-order chi connectivity index (χ1) is 27.6. The van der Waals surface area contributed by atoms with E-state index in [4.69, 9.17) is 42.1 Å². The molecule has 58 heavy (non-hydrogen) atoms. The van der Waals surface area contributed by atoms with Gasteiger partial charge in [0.25, 0.3) is 17.4 Å². The summed E-state index contributed by atoms with van der Waals surface area (Å²) < 4.78 is 40.5. The van der Waals surface area contributed by atoms with Crippen molar-refractivity contribution in [2.24, 2.45) is 7.05 Å². The van der Waals surface area contributed by atoms with Crippen molar-refractivity contribution in [3.63, 3.8) is 0 Å². The first kappa shape index (κ1) is 38.8. The number of fused-ring (bicyclic) bond motifs is 5. The van der Waals surface area contributed by atoms with E-state index in [1.807, 2.05) is 0 Å². The number of phenols is 1. The highest BCUT2D eigenvalue weighted by atomic mass is 35.5. The minimum atomic E-state index is -2.36. The SMILES string of the molecule is COc1cc(O)c([C@H]2C3=CCn4c(=O)n(CCc5nc6cc(OC)c(OC)cc6n(C)c5=O)c(=O)n4[C@@H]3C[C@@]3(Cl)C(=O)N(c4ccc(F)cc4)C(=O)[C@@]23Cl)c(OC)c1. The molecule has 1 N–H and O–H groups in total. The van der Waals surface area contributed by atoms with E-state index in [0.29, 0.717) is 28.1 Å². The van der Waals surface area contributed by atoms with Crippen molar-refractivity contribution in [2.45, 2.75) is 47.6 Å². The van der Waals surface area contributed by atoms with Gasteiger partial charge in [-0.25, -0.2) is 37.8 Å². The van der Waals surface area contributed by atoms with E-state index in [-0.39, 0.29) is 48.0 Å². The zero-order valence-electron chi connectivity index (χ0n) is 31.6. The summed E-state index contributed by atoms with van der Waals surface area (Å²) in [6, 6.07) is 9.37. The number of allylic oxidation sites excluding steroid dienone is 2. The molecule has 0 unspecified atom stereocenters. The highest BCUT2D eigenvalue weighted by Crippen LogP contribution is 2.65. The van der Waals surface area contributed by atoms with E-state index in [0.717, 1.165) is 26.3 Å². The molecule has 8 rings (SSSR count). The maximum Gasteiger partial charge on any atom is 0.347 e. The predicted molar refractivity (Wildman–Crippen MR) is 208 cm³/mol. The molecule has 19 heteroatoms. The lowest BCUT2D eigenvalue weighted by Crippen LogP contribution is -2.59. The van der Waals surface area contributed by atoms with Crippen LogP contribution in [0.15, 0.2) is 74.6 Å². The Labute approximate surface area is 337 Å². The standard InChI is InChI=1S/C39H35Cl2FN6O10/c1-44-25-17-29(57-4)28(56-3)16-24(25)43-23(33(44)50)11-12-45-36(53)46-13-10-22-26(48(46)37(45)54)18-38(40)34(51)47(20-8-6-19(42)7-9-20)35(52)39(38,41)32(22)31-27(49)14-21(55-2)15-30(31)58-5/h6-10,14-17,26,32,49H,11-13,18H2,1-5H3/t26-,32-,38-,39+/m1/s1. The number of phenolic OH excluding ortho intramolecular Hbond substituents is 1. The molecule has 1 saturated carbocycles. The van der Waals surface area contributed by atoms with Crippen LogP contribution in [0.5, 0.6) is 28.7 Å². The van der Waals surface area contributed by atoms with Gasteiger partial charge >= 0.3 is 11.4 Å². The van der Waals surface area contributed by atoms with Crippen LogP contribution in [0.25, 0.3) is 11.0 Å². The number of ether oxygens (including phenoxy) is 4. The van der Waals surface area contributed by atoms with Crippen LogP contribution < -0.4 is 40.8 Å². The number of alkyl halides is 2. The molecule has 0 bridgehead atoms. The minimum Gasteiger partial charge on any atom is -0.507 e. The Balaban J connectivity index is 1.26. The van der Waals surface area contributed by atoms with Crippen LogP contribution >= 0.6 is 23.2 Å². The first-order valence-electron chi connectivity index (χ1n) is 17.9. The van der Waals surface area contributed by atoms with Gasteiger partial charge in [-0.2, -0.15) is 0 Å². The van der Waals surface area contributed by atoms with E-state index in [2.05, 4.69) is 4.98 Å². The molecule has 302 valence electrons. The molecule has 0 radical (unpaired) electrons. The summed E-state index contributed by atoms with van der Waals surface area (Å²) in [4.78, 5) is 71.9. The number of nitrogens with zero attached hydrogens (tertiary/aromatic N) is 6. The summed E-state index contributed by atoms with van der Waals surface area (Å²) in [7, 11) is 7.19. The van der Waals surface area contributed by atoms with Gasteiger partial charge in [0.05, 0.1) is 57.7 Å². The number of aromatic nitrogens is 5. The van der Waals surface area contributed by atoms with Gasteiger partial charge in [0.1, 0.15) is 28.8 Å². The number of hydrogen-bond donors (Lipinski definition) is 1. The van der Waals surface area contributed by atoms with Gasteiger partial charge in [-0.05, 0) is 29.8 Å². The molecule has 1 aliphatic carbocycles. The number of aryl methyl sites for hydroxylation is 2. The number of halogens is 3. The topological polar surface area (TPSA) is 178 Å². The number of benzene rings is 3. The summed E-state index contributed by atoms with van der Waals surface area (Å²) in [5.41, 5.74) is -0.780. The van der Waals surface area contributed by atoms with Crippen LogP contribution in [-0.2, 0) is 36.1 Å². The number of imide groups is 1. The van der Waals surface area contributed by atoms with Gasteiger partial charge in [0.2, 0.25) is 0 Å². The van der Waals surface area contributed by atoms with Crippen molar-refractivity contribution in [1.29, 1.82) is 0 Å². The highest BCUT2D eigenvalue weighted by molar-refractivity contribution is 6.58. The van der Waals surface area contributed by atoms with Crippen LogP contribution in [-0.4, -0.2) is 78.6 Å². The summed E-state index contributed by atoms with van der Waals surface area (Å²) in [5.74, 6) is -3.40. The number of anilines is 1. The first-order valence-corrected chi connectivity index (χ1v) is 18.6. The number of carbonyl (C=O) groups excluding carboxylic acids is 2. The Bertz CT molecular complexity index is 2800. The molecule has 5 aromatic rings. The fourth-order valence-corrected chi connectivity index (χ4v) is 9.37. The zero-order valence-corrected chi connectivity index (χ0v) is 33.1. The lowest BCUT2D eigenvalue weighted by molar-refractivity contribution is -0.122. The Hall–Kier alpha value is -6.07. The van der Waals surface area contributed by atoms with Gasteiger partial charge in [-0.1, -0.05) is 6.08 Å². The molecule has 3 aromatic carbocycles. The molecule has 1 saturated heterocycles. The largest absolute Gasteiger partial charge is 0.507 e. The predicted octanol–water partition coefficient (Wildman–Crippen LogP) is 3.38. The molecule has 16 nitrogen and oxygen atoms in total. The molecule has 3 aliphatic rings. The number of hydrogen-bond acceptors (Lipinski definition) is 11. The Morgan fingerprint density at radius 2 is 1.55 bits per heavy atom.